The van der Waals surface area contributed by atoms with Crippen LogP contribution in [0.4, 0.5) is 10.1 Å². The van der Waals surface area contributed by atoms with Gasteiger partial charge in [-0.1, -0.05) is 24.3 Å². The summed E-state index contributed by atoms with van der Waals surface area (Å²) >= 11 is 0. The zero-order valence-electron chi connectivity index (χ0n) is 22.9. The second-order valence-corrected chi connectivity index (χ2v) is 10.5. The van der Waals surface area contributed by atoms with Crippen LogP contribution in [0.5, 0.6) is 0 Å². The highest BCUT2D eigenvalue weighted by molar-refractivity contribution is 5.97. The molecule has 0 spiro atoms. The number of ether oxygens (including phenoxy) is 1. The number of likely N-dealkylation sites (tertiary alicyclic amines) is 1. The molecule has 1 aromatic heterocycles. The minimum absolute atomic E-state index is 0. The molecule has 0 amide bonds. The van der Waals surface area contributed by atoms with Crippen molar-refractivity contribution in [2.75, 3.05) is 31.4 Å². The van der Waals surface area contributed by atoms with E-state index >= 15 is 0 Å². The van der Waals surface area contributed by atoms with E-state index in [2.05, 4.69) is 10.0 Å². The number of hydrazone groups is 1. The topological polar surface area (TPSA) is 72.1 Å². The Balaban J connectivity index is 0.00000337. The lowest BCUT2D eigenvalue weighted by molar-refractivity contribution is 0.0837. The molecule has 10 heteroatoms. The van der Waals surface area contributed by atoms with Crippen molar-refractivity contribution in [3.05, 3.63) is 100 Å². The van der Waals surface area contributed by atoms with Crippen molar-refractivity contribution in [1.29, 1.82) is 0 Å². The van der Waals surface area contributed by atoms with Gasteiger partial charge in [-0.15, -0.1) is 17.5 Å². The normalized spacial score (nSPS) is 16.0. The largest absolute Gasteiger partial charge is 0.457 e. The third kappa shape index (κ3) is 6.06. The highest BCUT2D eigenvalue weighted by Gasteiger charge is 2.26. The standard InChI is InChI=1S/C31H32FN5O3.ClH/c1-22-33-37(21-40-22)27-12-6-23(7-13-27)20-36-29-5-3-2-4-28(29)35(31(36)39)19-18-34-16-14-25(15-17-34)30(38)24-8-10-26(32)11-9-24;/h2-13,25H,14-21H2,1H3;1H. The van der Waals surface area contributed by atoms with Gasteiger partial charge in [0.15, 0.2) is 12.5 Å². The van der Waals surface area contributed by atoms with Gasteiger partial charge in [0, 0.05) is 31.5 Å². The molecule has 2 aliphatic rings. The van der Waals surface area contributed by atoms with Crippen LogP contribution in [0.2, 0.25) is 0 Å². The molecule has 0 saturated carbocycles. The van der Waals surface area contributed by atoms with Crippen LogP contribution in [-0.2, 0) is 17.8 Å². The minimum Gasteiger partial charge on any atom is -0.457 e. The number of carbonyl (C=O) groups excluding carboxylic acids is 1. The summed E-state index contributed by atoms with van der Waals surface area (Å²) in [6.07, 6.45) is 1.52. The zero-order chi connectivity index (χ0) is 27.6. The molecule has 2 aliphatic heterocycles. The van der Waals surface area contributed by atoms with E-state index < -0.39 is 0 Å². The summed E-state index contributed by atoms with van der Waals surface area (Å²) in [6, 6.07) is 21.8. The number of Topliss-reactive ketones (excluding diaryl/α,β-unsaturated/α-hetero) is 1. The van der Waals surface area contributed by atoms with Gasteiger partial charge in [0.1, 0.15) is 5.82 Å². The Morgan fingerprint density at radius 2 is 1.59 bits per heavy atom. The molecular weight excluding hydrogens is 545 g/mol. The highest BCUT2D eigenvalue weighted by atomic mass is 35.5. The fourth-order valence-electron chi connectivity index (χ4n) is 5.62. The number of hydrogen-bond acceptors (Lipinski definition) is 6. The molecule has 214 valence electrons. The molecule has 0 aliphatic carbocycles. The van der Waals surface area contributed by atoms with Gasteiger partial charge in [-0.3, -0.25) is 13.9 Å². The number of carbonyl (C=O) groups is 1. The summed E-state index contributed by atoms with van der Waals surface area (Å²) in [7, 11) is 0. The first-order valence-corrected chi connectivity index (χ1v) is 13.7. The molecule has 1 saturated heterocycles. The molecule has 0 unspecified atom stereocenters. The molecule has 8 nitrogen and oxygen atoms in total. The molecule has 41 heavy (non-hydrogen) atoms. The number of hydrogen-bond donors (Lipinski definition) is 0. The molecule has 0 bridgehead atoms. The summed E-state index contributed by atoms with van der Waals surface area (Å²) in [6.45, 7) is 5.61. The minimum atomic E-state index is -0.334. The number of nitrogens with zero attached hydrogens (tertiary/aromatic N) is 5. The number of benzene rings is 3. The van der Waals surface area contributed by atoms with E-state index in [4.69, 9.17) is 4.74 Å². The molecule has 0 N–H and O–H groups in total. The zero-order valence-corrected chi connectivity index (χ0v) is 23.7. The van der Waals surface area contributed by atoms with Crippen LogP contribution in [0.1, 0.15) is 35.7 Å². The molecule has 6 rings (SSSR count). The van der Waals surface area contributed by atoms with Gasteiger partial charge in [-0.05, 0) is 80.0 Å². The Morgan fingerprint density at radius 1 is 0.927 bits per heavy atom. The molecule has 1 fully saturated rings. The van der Waals surface area contributed by atoms with Crippen molar-refractivity contribution in [3.63, 3.8) is 0 Å². The van der Waals surface area contributed by atoms with E-state index in [0.717, 1.165) is 54.8 Å². The lowest BCUT2D eigenvalue weighted by Crippen LogP contribution is -2.39. The third-order valence-corrected chi connectivity index (χ3v) is 7.88. The molecule has 0 atom stereocenters. The fraction of sp³-hybridized carbons (Fsp3) is 0.323. The average Bonchev–Trinajstić information content (AvgIpc) is 3.53. The lowest BCUT2D eigenvalue weighted by atomic mass is 9.89. The molecule has 3 aromatic carbocycles. The van der Waals surface area contributed by atoms with Crippen LogP contribution in [0.15, 0.2) is 82.7 Å². The Morgan fingerprint density at radius 3 is 2.22 bits per heavy atom. The van der Waals surface area contributed by atoms with Gasteiger partial charge in [0.2, 0.25) is 5.90 Å². The molecule has 0 radical (unpaired) electrons. The quantitative estimate of drug-likeness (QED) is 0.271. The second-order valence-electron chi connectivity index (χ2n) is 10.5. The Hall–Kier alpha value is -3.95. The number of imidazole rings is 1. The first-order valence-electron chi connectivity index (χ1n) is 13.7. The third-order valence-electron chi connectivity index (χ3n) is 7.88. The van der Waals surface area contributed by atoms with Crippen LogP contribution < -0.4 is 10.7 Å². The number of halogens is 2. The van der Waals surface area contributed by atoms with Gasteiger partial charge in [0.05, 0.1) is 23.3 Å². The van der Waals surface area contributed by atoms with Crippen molar-refractivity contribution >= 4 is 40.8 Å². The predicted molar refractivity (Wildman–Crippen MR) is 160 cm³/mol. The maximum atomic E-state index is 13.6. The number of anilines is 1. The number of ketones is 1. The Labute approximate surface area is 244 Å². The van der Waals surface area contributed by atoms with Crippen molar-refractivity contribution < 1.29 is 13.9 Å². The smallest absolute Gasteiger partial charge is 0.329 e. The van der Waals surface area contributed by atoms with Crippen LogP contribution in [0.25, 0.3) is 11.0 Å². The summed E-state index contributed by atoms with van der Waals surface area (Å²) in [5.74, 6) is 0.348. The van der Waals surface area contributed by atoms with Gasteiger partial charge >= 0.3 is 5.69 Å². The first-order chi connectivity index (χ1) is 19.5. The SMILES string of the molecule is CC1=NN(c2ccc(Cn3c(=O)n(CCN4CCC(C(=O)c5ccc(F)cc5)CC4)c4ccccc43)cc2)CO1.Cl. The van der Waals surface area contributed by atoms with Crippen LogP contribution in [-0.4, -0.2) is 52.1 Å². The average molecular weight is 578 g/mol. The number of aromatic nitrogens is 2. The van der Waals surface area contributed by atoms with E-state index in [-0.39, 0.29) is 35.6 Å². The van der Waals surface area contributed by atoms with Crippen molar-refractivity contribution in [2.24, 2.45) is 11.0 Å². The van der Waals surface area contributed by atoms with Gasteiger partial charge < -0.3 is 9.64 Å². The number of para-hydroxylation sites is 2. The summed E-state index contributed by atoms with van der Waals surface area (Å²) in [5, 5.41) is 6.16. The van der Waals surface area contributed by atoms with Crippen LogP contribution in [0.3, 0.4) is 0 Å². The summed E-state index contributed by atoms with van der Waals surface area (Å²) in [4.78, 5) is 28.7. The van der Waals surface area contributed by atoms with E-state index in [0.29, 0.717) is 31.3 Å². The summed E-state index contributed by atoms with van der Waals surface area (Å²) < 4.78 is 22.3. The van der Waals surface area contributed by atoms with Crippen LogP contribution in [0, 0.1) is 11.7 Å². The van der Waals surface area contributed by atoms with Crippen molar-refractivity contribution in [1.82, 2.24) is 14.0 Å². The van der Waals surface area contributed by atoms with E-state index in [9.17, 15) is 14.0 Å². The van der Waals surface area contributed by atoms with E-state index in [1.807, 2.05) is 64.6 Å². The maximum absolute atomic E-state index is 13.6. The second kappa shape index (κ2) is 12.3. The van der Waals surface area contributed by atoms with Gasteiger partial charge in [-0.2, -0.15) is 0 Å². The number of rotatable bonds is 8. The number of fused-ring (bicyclic) bond motifs is 1. The summed E-state index contributed by atoms with van der Waals surface area (Å²) in [5.41, 5.74) is 4.35. The molecule has 4 aromatic rings. The predicted octanol–water partition coefficient (Wildman–Crippen LogP) is 5.13. The number of piperidine rings is 1. The fourth-order valence-corrected chi connectivity index (χ4v) is 5.62. The van der Waals surface area contributed by atoms with Crippen LogP contribution >= 0.6 is 12.4 Å². The monoisotopic (exact) mass is 577 g/mol. The highest BCUT2D eigenvalue weighted by Crippen LogP contribution is 2.23. The Bertz CT molecular complexity index is 1610. The molecule has 3 heterocycles. The van der Waals surface area contributed by atoms with Crippen molar-refractivity contribution in [2.45, 2.75) is 32.9 Å². The Kier molecular flexibility index (Phi) is 8.56. The van der Waals surface area contributed by atoms with Gasteiger partial charge in [0.25, 0.3) is 0 Å². The molecular formula is C31H33ClFN5O3. The van der Waals surface area contributed by atoms with E-state index in [1.165, 1.54) is 12.1 Å². The van der Waals surface area contributed by atoms with E-state index in [1.54, 1.807) is 17.1 Å². The van der Waals surface area contributed by atoms with Gasteiger partial charge in [-0.25, -0.2) is 14.2 Å². The first kappa shape index (κ1) is 28.6. The lowest BCUT2D eigenvalue weighted by Gasteiger charge is -2.31. The van der Waals surface area contributed by atoms with Crippen molar-refractivity contribution in [3.8, 4) is 0 Å². The maximum Gasteiger partial charge on any atom is 0.329 e.